The van der Waals surface area contributed by atoms with Gasteiger partial charge in [0.25, 0.3) is 0 Å². The highest BCUT2D eigenvalue weighted by atomic mass is 16.5. The topological polar surface area (TPSA) is 61.2 Å². The SMILES string of the molecule is CCCn1ncnc1COc1ccc(OC)cc1CNC. The molecule has 1 aromatic heterocycles. The summed E-state index contributed by atoms with van der Waals surface area (Å²) in [5, 5.41) is 7.33. The number of hydrogen-bond donors (Lipinski definition) is 1. The first-order chi connectivity index (χ1) is 10.3. The Hall–Kier alpha value is -2.08. The standard InChI is InChI=1S/C15H22N4O2/c1-4-7-19-15(17-11-18-19)10-21-14-6-5-13(20-3)8-12(14)9-16-2/h5-6,8,11,16H,4,7,9-10H2,1-3H3. The highest BCUT2D eigenvalue weighted by molar-refractivity contribution is 5.40. The van der Waals surface area contributed by atoms with Crippen molar-refractivity contribution in [1.82, 2.24) is 20.1 Å². The van der Waals surface area contributed by atoms with Gasteiger partial charge in [-0.3, -0.25) is 0 Å². The molecule has 1 aromatic carbocycles. The molecule has 0 radical (unpaired) electrons. The molecule has 21 heavy (non-hydrogen) atoms. The summed E-state index contributed by atoms with van der Waals surface area (Å²) in [5.74, 6) is 2.49. The molecule has 0 aliphatic rings. The van der Waals surface area contributed by atoms with Crippen LogP contribution in [0, 0.1) is 0 Å². The molecule has 6 nitrogen and oxygen atoms in total. The van der Waals surface area contributed by atoms with Gasteiger partial charge < -0.3 is 14.8 Å². The molecule has 114 valence electrons. The maximum atomic E-state index is 5.90. The van der Waals surface area contributed by atoms with Crippen molar-refractivity contribution in [3.63, 3.8) is 0 Å². The molecule has 0 fully saturated rings. The van der Waals surface area contributed by atoms with Gasteiger partial charge >= 0.3 is 0 Å². The van der Waals surface area contributed by atoms with Crippen molar-refractivity contribution >= 4 is 0 Å². The molecule has 0 bridgehead atoms. The van der Waals surface area contributed by atoms with Crippen LogP contribution in [0.25, 0.3) is 0 Å². The molecule has 0 atom stereocenters. The number of aromatic nitrogens is 3. The molecule has 1 N–H and O–H groups in total. The second-order valence-corrected chi connectivity index (χ2v) is 4.69. The summed E-state index contributed by atoms with van der Waals surface area (Å²) in [4.78, 5) is 4.25. The van der Waals surface area contributed by atoms with E-state index < -0.39 is 0 Å². The van der Waals surface area contributed by atoms with Crippen molar-refractivity contribution in [2.24, 2.45) is 0 Å². The van der Waals surface area contributed by atoms with Crippen LogP contribution in [0.2, 0.25) is 0 Å². The van der Waals surface area contributed by atoms with Crippen LogP contribution in [-0.4, -0.2) is 28.9 Å². The minimum absolute atomic E-state index is 0.406. The third-order valence-corrected chi connectivity index (χ3v) is 3.12. The number of ether oxygens (including phenoxy) is 2. The largest absolute Gasteiger partial charge is 0.497 e. The minimum Gasteiger partial charge on any atom is -0.497 e. The van der Waals surface area contributed by atoms with E-state index >= 15 is 0 Å². The average Bonchev–Trinajstić information content (AvgIpc) is 2.94. The average molecular weight is 290 g/mol. The van der Waals surface area contributed by atoms with E-state index in [0.29, 0.717) is 13.2 Å². The molecule has 0 aliphatic carbocycles. The summed E-state index contributed by atoms with van der Waals surface area (Å²) >= 11 is 0. The first kappa shape index (κ1) is 15.3. The van der Waals surface area contributed by atoms with E-state index in [0.717, 1.165) is 35.9 Å². The molecule has 0 amide bonds. The van der Waals surface area contributed by atoms with E-state index in [1.807, 2.05) is 29.9 Å². The summed E-state index contributed by atoms with van der Waals surface area (Å²) in [6.07, 6.45) is 2.58. The first-order valence-corrected chi connectivity index (χ1v) is 7.09. The maximum absolute atomic E-state index is 5.90. The maximum Gasteiger partial charge on any atom is 0.164 e. The van der Waals surface area contributed by atoms with Crippen LogP contribution in [0.15, 0.2) is 24.5 Å². The summed E-state index contributed by atoms with van der Waals surface area (Å²) in [6.45, 7) is 4.09. The second-order valence-electron chi connectivity index (χ2n) is 4.69. The van der Waals surface area contributed by atoms with Gasteiger partial charge in [0.1, 0.15) is 24.4 Å². The number of nitrogens with zero attached hydrogens (tertiary/aromatic N) is 3. The van der Waals surface area contributed by atoms with Gasteiger partial charge in [0.15, 0.2) is 5.82 Å². The lowest BCUT2D eigenvalue weighted by Gasteiger charge is -2.13. The Morgan fingerprint density at radius 2 is 2.19 bits per heavy atom. The fraction of sp³-hybridized carbons (Fsp3) is 0.467. The highest BCUT2D eigenvalue weighted by Crippen LogP contribution is 2.24. The fourth-order valence-corrected chi connectivity index (χ4v) is 2.09. The molecule has 0 spiro atoms. The molecule has 0 saturated heterocycles. The second kappa shape index (κ2) is 7.64. The number of aryl methyl sites for hydroxylation is 1. The Morgan fingerprint density at radius 3 is 2.90 bits per heavy atom. The van der Waals surface area contributed by atoms with Crippen LogP contribution in [0.1, 0.15) is 24.7 Å². The van der Waals surface area contributed by atoms with E-state index in [1.54, 1.807) is 13.4 Å². The molecule has 1 heterocycles. The van der Waals surface area contributed by atoms with E-state index in [4.69, 9.17) is 9.47 Å². The van der Waals surface area contributed by atoms with Gasteiger partial charge in [0.2, 0.25) is 0 Å². The predicted octanol–water partition coefficient (Wildman–Crippen LogP) is 2.00. The van der Waals surface area contributed by atoms with E-state index in [9.17, 15) is 0 Å². The number of benzene rings is 1. The quantitative estimate of drug-likeness (QED) is 0.805. The van der Waals surface area contributed by atoms with Gasteiger partial charge in [0, 0.05) is 18.7 Å². The normalized spacial score (nSPS) is 10.6. The monoisotopic (exact) mass is 290 g/mol. The molecule has 0 unspecified atom stereocenters. The summed E-state index contributed by atoms with van der Waals surface area (Å²) in [5.41, 5.74) is 1.05. The molecule has 2 rings (SSSR count). The van der Waals surface area contributed by atoms with Crippen molar-refractivity contribution in [2.45, 2.75) is 33.0 Å². The van der Waals surface area contributed by atoms with Crippen molar-refractivity contribution in [2.75, 3.05) is 14.2 Å². The Bertz CT molecular complexity index is 569. The minimum atomic E-state index is 0.406. The number of hydrogen-bond acceptors (Lipinski definition) is 5. The zero-order chi connectivity index (χ0) is 15.1. The van der Waals surface area contributed by atoms with Crippen LogP contribution < -0.4 is 14.8 Å². The van der Waals surface area contributed by atoms with Gasteiger partial charge in [-0.25, -0.2) is 9.67 Å². The van der Waals surface area contributed by atoms with Gasteiger partial charge in [-0.15, -0.1) is 0 Å². The number of nitrogens with one attached hydrogen (secondary N) is 1. The molecular weight excluding hydrogens is 268 g/mol. The molecule has 2 aromatic rings. The van der Waals surface area contributed by atoms with Gasteiger partial charge in [-0.05, 0) is 31.7 Å². The lowest BCUT2D eigenvalue weighted by atomic mass is 10.2. The van der Waals surface area contributed by atoms with Crippen LogP contribution >= 0.6 is 0 Å². The first-order valence-electron chi connectivity index (χ1n) is 7.09. The van der Waals surface area contributed by atoms with Gasteiger partial charge in [-0.1, -0.05) is 6.92 Å². The van der Waals surface area contributed by atoms with Crippen LogP contribution in [0.5, 0.6) is 11.5 Å². The molecule has 0 aliphatic heterocycles. The van der Waals surface area contributed by atoms with Crippen LogP contribution in [0.3, 0.4) is 0 Å². The molecular formula is C15H22N4O2. The fourth-order valence-electron chi connectivity index (χ4n) is 2.09. The Kier molecular flexibility index (Phi) is 5.57. The number of rotatable bonds is 8. The van der Waals surface area contributed by atoms with E-state index in [1.165, 1.54) is 0 Å². The highest BCUT2D eigenvalue weighted by Gasteiger charge is 2.08. The van der Waals surface area contributed by atoms with Crippen molar-refractivity contribution < 1.29 is 9.47 Å². The zero-order valence-electron chi connectivity index (χ0n) is 12.8. The Balaban J connectivity index is 2.09. The van der Waals surface area contributed by atoms with Gasteiger partial charge in [0.05, 0.1) is 7.11 Å². The van der Waals surface area contributed by atoms with Crippen LogP contribution in [-0.2, 0) is 19.7 Å². The molecule has 6 heteroatoms. The smallest absolute Gasteiger partial charge is 0.164 e. The predicted molar refractivity (Wildman–Crippen MR) is 80.4 cm³/mol. The lowest BCUT2D eigenvalue weighted by Crippen LogP contribution is -2.11. The van der Waals surface area contributed by atoms with Crippen molar-refractivity contribution in [3.8, 4) is 11.5 Å². The number of methoxy groups -OCH3 is 1. The Morgan fingerprint density at radius 1 is 1.33 bits per heavy atom. The lowest BCUT2D eigenvalue weighted by molar-refractivity contribution is 0.282. The molecule has 0 saturated carbocycles. The third-order valence-electron chi connectivity index (χ3n) is 3.12. The summed E-state index contributed by atoms with van der Waals surface area (Å²) < 4.78 is 13.0. The van der Waals surface area contributed by atoms with Crippen molar-refractivity contribution in [3.05, 3.63) is 35.9 Å². The zero-order valence-corrected chi connectivity index (χ0v) is 12.8. The summed E-state index contributed by atoms with van der Waals surface area (Å²) in [6, 6.07) is 5.79. The third kappa shape index (κ3) is 3.95. The Labute approximate surface area is 125 Å². The van der Waals surface area contributed by atoms with Gasteiger partial charge in [-0.2, -0.15) is 5.10 Å². The van der Waals surface area contributed by atoms with Crippen LogP contribution in [0.4, 0.5) is 0 Å². The van der Waals surface area contributed by atoms with E-state index in [2.05, 4.69) is 22.3 Å². The summed E-state index contributed by atoms with van der Waals surface area (Å²) in [7, 11) is 3.56. The van der Waals surface area contributed by atoms with E-state index in [-0.39, 0.29) is 0 Å². The van der Waals surface area contributed by atoms with Crippen molar-refractivity contribution in [1.29, 1.82) is 0 Å².